The summed E-state index contributed by atoms with van der Waals surface area (Å²) in [7, 11) is 1.30. The highest BCUT2D eigenvalue weighted by Crippen LogP contribution is 2.39. The number of rotatable bonds is 6. The number of carbonyl (C=O) groups is 3. The van der Waals surface area contributed by atoms with Crippen molar-refractivity contribution in [1.29, 1.82) is 0 Å². The second-order valence-corrected chi connectivity index (χ2v) is 7.57. The highest BCUT2D eigenvalue weighted by atomic mass is 79.9. The second-order valence-electron chi connectivity index (χ2n) is 5.68. The quantitative estimate of drug-likeness (QED) is 0.530. The van der Waals surface area contributed by atoms with Crippen molar-refractivity contribution in [1.82, 2.24) is 0 Å². The first-order valence-corrected chi connectivity index (χ1v) is 9.71. The number of carbonyl (C=O) groups excluding carboxylic acids is 3. The minimum Gasteiger partial charge on any atom is -0.465 e. The number of thiophene rings is 1. The molecule has 1 N–H and O–H groups in total. The van der Waals surface area contributed by atoms with Crippen LogP contribution in [0.4, 0.5) is 5.00 Å². The van der Waals surface area contributed by atoms with E-state index < -0.39 is 24.5 Å². The van der Waals surface area contributed by atoms with E-state index in [1.807, 2.05) is 0 Å². The molecule has 27 heavy (non-hydrogen) atoms. The van der Waals surface area contributed by atoms with E-state index in [9.17, 15) is 14.4 Å². The van der Waals surface area contributed by atoms with Crippen LogP contribution in [-0.4, -0.2) is 31.6 Å². The summed E-state index contributed by atoms with van der Waals surface area (Å²) in [6.45, 7) is -0.464. The molecule has 2 aromatic heterocycles. The molecule has 0 saturated carbocycles. The Morgan fingerprint density at radius 2 is 2.15 bits per heavy atom. The fourth-order valence-corrected chi connectivity index (χ4v) is 4.34. The topological polar surface area (TPSA) is 94.8 Å². The molecular formula is C18H16BrNO6S. The van der Waals surface area contributed by atoms with Gasteiger partial charge in [0.05, 0.1) is 12.7 Å². The van der Waals surface area contributed by atoms with E-state index >= 15 is 0 Å². The van der Waals surface area contributed by atoms with Crippen LogP contribution < -0.4 is 5.32 Å². The zero-order valence-corrected chi connectivity index (χ0v) is 16.8. The fraction of sp³-hybridized carbons (Fsp3) is 0.278. The molecule has 1 aliphatic rings. The Morgan fingerprint density at radius 3 is 2.85 bits per heavy atom. The van der Waals surface area contributed by atoms with Gasteiger partial charge in [0.25, 0.3) is 5.91 Å². The number of anilines is 1. The van der Waals surface area contributed by atoms with Gasteiger partial charge in [-0.05, 0) is 59.0 Å². The molecule has 2 aromatic rings. The molecule has 0 spiro atoms. The van der Waals surface area contributed by atoms with Gasteiger partial charge in [0.2, 0.25) is 0 Å². The van der Waals surface area contributed by atoms with Crippen molar-refractivity contribution in [3.8, 4) is 0 Å². The zero-order valence-electron chi connectivity index (χ0n) is 14.4. The molecule has 7 nitrogen and oxygen atoms in total. The van der Waals surface area contributed by atoms with Crippen molar-refractivity contribution >= 4 is 56.2 Å². The number of halogens is 1. The molecule has 142 valence electrons. The number of hydrogen-bond donors (Lipinski definition) is 1. The Bertz CT molecular complexity index is 913. The Labute approximate surface area is 167 Å². The molecule has 0 saturated heterocycles. The summed E-state index contributed by atoms with van der Waals surface area (Å²) in [6.07, 6.45) is 5.25. The Balaban J connectivity index is 1.57. The van der Waals surface area contributed by atoms with E-state index in [1.165, 1.54) is 24.5 Å². The van der Waals surface area contributed by atoms with Crippen LogP contribution in [0.1, 0.15) is 33.0 Å². The average molecular weight is 454 g/mol. The van der Waals surface area contributed by atoms with E-state index in [2.05, 4.69) is 21.2 Å². The third kappa shape index (κ3) is 4.67. The standard InChI is InChI=1S/C18H16BrNO6S/c1-24-18(23)16-11-3-2-4-12(11)27-17(16)20-14(21)9-25-15(22)8-6-10-5-7-13(19)26-10/h5-8H,2-4,9H2,1H3,(H,20,21)/b8-6+. The summed E-state index contributed by atoms with van der Waals surface area (Å²) >= 11 is 4.52. The van der Waals surface area contributed by atoms with E-state index in [4.69, 9.17) is 13.9 Å². The van der Waals surface area contributed by atoms with Crippen molar-refractivity contribution in [3.63, 3.8) is 0 Å². The van der Waals surface area contributed by atoms with E-state index in [1.54, 1.807) is 12.1 Å². The maximum Gasteiger partial charge on any atom is 0.341 e. The van der Waals surface area contributed by atoms with E-state index in [0.717, 1.165) is 35.8 Å². The molecule has 1 aliphatic carbocycles. The summed E-state index contributed by atoms with van der Waals surface area (Å²) in [4.78, 5) is 36.9. The van der Waals surface area contributed by atoms with Gasteiger partial charge in [-0.2, -0.15) is 0 Å². The number of ether oxygens (including phenoxy) is 2. The number of esters is 2. The number of fused-ring (bicyclic) bond motifs is 1. The van der Waals surface area contributed by atoms with Gasteiger partial charge in [0.1, 0.15) is 10.8 Å². The number of amides is 1. The summed E-state index contributed by atoms with van der Waals surface area (Å²) in [6, 6.07) is 3.36. The molecular weight excluding hydrogens is 438 g/mol. The summed E-state index contributed by atoms with van der Waals surface area (Å²) < 4.78 is 15.5. The maximum absolute atomic E-state index is 12.1. The van der Waals surface area contributed by atoms with Crippen LogP contribution >= 0.6 is 27.3 Å². The predicted octanol–water partition coefficient (Wildman–Crippen LogP) is 3.57. The van der Waals surface area contributed by atoms with E-state index in [-0.39, 0.29) is 0 Å². The first kappa shape index (κ1) is 19.4. The Hall–Kier alpha value is -2.39. The van der Waals surface area contributed by atoms with Gasteiger partial charge < -0.3 is 19.2 Å². The molecule has 2 heterocycles. The van der Waals surface area contributed by atoms with Crippen LogP contribution in [0, 0.1) is 0 Å². The molecule has 0 fully saturated rings. The highest BCUT2D eigenvalue weighted by Gasteiger charge is 2.28. The summed E-state index contributed by atoms with van der Waals surface area (Å²) in [5.41, 5.74) is 1.34. The first-order valence-electron chi connectivity index (χ1n) is 8.11. The van der Waals surface area contributed by atoms with Gasteiger partial charge in [0, 0.05) is 11.0 Å². The smallest absolute Gasteiger partial charge is 0.341 e. The Morgan fingerprint density at radius 1 is 1.33 bits per heavy atom. The van der Waals surface area contributed by atoms with Crippen LogP contribution in [0.2, 0.25) is 0 Å². The number of aryl methyl sites for hydroxylation is 1. The molecule has 0 aromatic carbocycles. The van der Waals surface area contributed by atoms with Gasteiger partial charge in [-0.25, -0.2) is 9.59 Å². The molecule has 0 unspecified atom stereocenters. The van der Waals surface area contributed by atoms with Crippen molar-refractivity contribution in [2.45, 2.75) is 19.3 Å². The summed E-state index contributed by atoms with van der Waals surface area (Å²) in [5, 5.41) is 3.07. The van der Waals surface area contributed by atoms with Gasteiger partial charge >= 0.3 is 11.9 Å². The minimum absolute atomic E-state index is 0.401. The average Bonchev–Trinajstić information content (AvgIpc) is 3.33. The Kier molecular flexibility index (Phi) is 6.12. The van der Waals surface area contributed by atoms with Crippen molar-refractivity contribution in [2.75, 3.05) is 19.0 Å². The maximum atomic E-state index is 12.1. The lowest BCUT2D eigenvalue weighted by atomic mass is 10.1. The number of nitrogens with one attached hydrogen (secondary N) is 1. The number of methoxy groups -OCH3 is 1. The SMILES string of the molecule is COC(=O)c1c(NC(=O)COC(=O)/C=C/c2ccc(Br)o2)sc2c1CCC2. The van der Waals surface area contributed by atoms with Gasteiger partial charge in [-0.3, -0.25) is 4.79 Å². The van der Waals surface area contributed by atoms with Crippen LogP contribution in [0.5, 0.6) is 0 Å². The first-order chi connectivity index (χ1) is 13.0. The second kappa shape index (κ2) is 8.53. The van der Waals surface area contributed by atoms with Gasteiger partial charge in [-0.15, -0.1) is 11.3 Å². The third-order valence-corrected chi connectivity index (χ3v) is 5.52. The number of furan rings is 1. The molecule has 1 amide bonds. The molecule has 0 atom stereocenters. The molecule has 3 rings (SSSR count). The normalized spacial score (nSPS) is 12.8. The summed E-state index contributed by atoms with van der Waals surface area (Å²) in [5.74, 6) is -1.21. The van der Waals surface area contributed by atoms with Crippen molar-refractivity contribution in [3.05, 3.63) is 44.6 Å². The van der Waals surface area contributed by atoms with E-state index in [0.29, 0.717) is 21.0 Å². The lowest BCUT2D eigenvalue weighted by Crippen LogP contribution is -2.21. The van der Waals surface area contributed by atoms with Crippen LogP contribution in [0.3, 0.4) is 0 Å². The predicted molar refractivity (Wildman–Crippen MR) is 103 cm³/mol. The largest absolute Gasteiger partial charge is 0.465 e. The fourth-order valence-electron chi connectivity index (χ4n) is 2.73. The molecule has 9 heteroatoms. The lowest BCUT2D eigenvalue weighted by molar-refractivity contribution is -0.142. The minimum atomic E-state index is -0.681. The van der Waals surface area contributed by atoms with Gasteiger partial charge in [0.15, 0.2) is 11.3 Å². The molecule has 0 aliphatic heterocycles. The molecule has 0 radical (unpaired) electrons. The van der Waals surface area contributed by atoms with Crippen LogP contribution in [0.15, 0.2) is 27.3 Å². The lowest BCUT2D eigenvalue weighted by Gasteiger charge is -2.07. The van der Waals surface area contributed by atoms with Crippen LogP contribution in [-0.2, 0) is 31.9 Å². The van der Waals surface area contributed by atoms with Crippen LogP contribution in [0.25, 0.3) is 6.08 Å². The molecule has 0 bridgehead atoms. The van der Waals surface area contributed by atoms with Crippen molar-refractivity contribution < 1.29 is 28.3 Å². The number of hydrogen-bond acceptors (Lipinski definition) is 7. The third-order valence-electron chi connectivity index (χ3n) is 3.89. The monoisotopic (exact) mass is 453 g/mol. The zero-order chi connectivity index (χ0) is 19.4. The van der Waals surface area contributed by atoms with Crippen molar-refractivity contribution in [2.24, 2.45) is 0 Å². The highest BCUT2D eigenvalue weighted by molar-refractivity contribution is 9.10. The van der Waals surface area contributed by atoms with Gasteiger partial charge in [-0.1, -0.05) is 0 Å².